The number of primary amides is 3. The van der Waals surface area contributed by atoms with Gasteiger partial charge in [0, 0.05) is 36.3 Å². The zero-order chi connectivity index (χ0) is 54.5. The van der Waals surface area contributed by atoms with Gasteiger partial charge in [-0.15, -0.1) is 0 Å². The van der Waals surface area contributed by atoms with Gasteiger partial charge in [-0.3, -0.25) is 52.7 Å². The van der Waals surface area contributed by atoms with Crippen LogP contribution in [0.2, 0.25) is 0 Å². The highest BCUT2D eigenvalue weighted by Gasteiger charge is 2.42. The fourth-order valence-corrected chi connectivity index (χ4v) is 12.4. The average Bonchev–Trinajstić information content (AvgIpc) is 3.86. The van der Waals surface area contributed by atoms with Gasteiger partial charge in [0.15, 0.2) is 0 Å². The molecule has 24 nitrogen and oxygen atoms in total. The Hall–Kier alpha value is -6.15. The molecule has 2 heterocycles. The van der Waals surface area contributed by atoms with Crippen LogP contribution < -0.4 is 64.9 Å². The summed E-state index contributed by atoms with van der Waals surface area (Å²) < 4.78 is 4.60. The molecule has 4 rings (SSSR count). The predicted octanol–water partition coefficient (Wildman–Crippen LogP) is -1.85. The highest BCUT2D eigenvalue weighted by Crippen LogP contribution is 2.48. The quantitative estimate of drug-likeness (QED) is 0.0678. The number of nitrogens with two attached hydrogens (primary N) is 4. The van der Waals surface area contributed by atoms with Crippen LogP contribution in [0.1, 0.15) is 109 Å². The summed E-state index contributed by atoms with van der Waals surface area (Å²) in [7, 11) is 4.06. The molecule has 3 aliphatic rings. The number of amides is 11. The molecule has 410 valence electrons. The average molecular weight is 1080 g/mol. The first-order valence-corrected chi connectivity index (χ1v) is 27.4. The number of nitrogens with one attached hydrogen (secondary N) is 7. The van der Waals surface area contributed by atoms with Crippen LogP contribution in [0.5, 0.6) is 5.75 Å². The van der Waals surface area contributed by atoms with E-state index in [0.29, 0.717) is 43.4 Å². The van der Waals surface area contributed by atoms with Crippen molar-refractivity contribution in [3.63, 3.8) is 0 Å². The molecule has 15 N–H and O–H groups in total. The predicted molar refractivity (Wildman–Crippen MR) is 276 cm³/mol. The van der Waals surface area contributed by atoms with E-state index in [-0.39, 0.29) is 50.9 Å². The Labute approximate surface area is 438 Å². The Kier molecular flexibility index (Phi) is 24.2. The molecule has 1 aliphatic carbocycles. The van der Waals surface area contributed by atoms with Crippen LogP contribution in [0.4, 0.5) is 0 Å². The number of carbonyl (C=O) groups excluding carboxylic acids is 11. The topological polar surface area (TPSA) is 389 Å². The van der Waals surface area contributed by atoms with Crippen molar-refractivity contribution in [3.05, 3.63) is 29.8 Å². The summed E-state index contributed by atoms with van der Waals surface area (Å²) in [5, 5.41) is 18.5. The van der Waals surface area contributed by atoms with Crippen molar-refractivity contribution in [2.45, 2.75) is 157 Å². The lowest BCUT2D eigenvalue weighted by molar-refractivity contribution is -0.142. The molecule has 1 saturated carbocycles. The van der Waals surface area contributed by atoms with E-state index in [4.69, 9.17) is 27.7 Å². The Morgan fingerprint density at radius 3 is 2.11 bits per heavy atom. The van der Waals surface area contributed by atoms with Gasteiger partial charge in [-0.25, -0.2) is 0 Å². The number of rotatable bonds is 19. The van der Waals surface area contributed by atoms with Crippen LogP contribution in [-0.4, -0.2) is 149 Å². The van der Waals surface area contributed by atoms with E-state index in [2.05, 4.69) is 37.2 Å². The number of methoxy groups -OCH3 is 1. The third-order valence-electron chi connectivity index (χ3n) is 13.3. The molecule has 74 heavy (non-hydrogen) atoms. The lowest BCUT2D eigenvalue weighted by atomic mass is 9.85. The van der Waals surface area contributed by atoms with Crippen LogP contribution in [0.25, 0.3) is 0 Å². The molecule has 0 bridgehead atoms. The minimum atomic E-state index is -1.73. The molecule has 3 fully saturated rings. The number of nitrogens with zero attached hydrogens (tertiary/aromatic N) is 1. The number of carbonyl (C=O) groups is 11. The van der Waals surface area contributed by atoms with Crippen LogP contribution in [0.15, 0.2) is 24.3 Å². The molecule has 1 aromatic carbocycles. The lowest BCUT2D eigenvalue weighted by Gasteiger charge is -2.37. The third-order valence-corrected chi connectivity index (χ3v) is 16.6. The smallest absolute Gasteiger partial charge is 0.246 e. The van der Waals surface area contributed by atoms with Gasteiger partial charge >= 0.3 is 0 Å². The number of hydrogen-bond acceptors (Lipinski definition) is 15. The van der Waals surface area contributed by atoms with E-state index in [1.807, 2.05) is 0 Å². The summed E-state index contributed by atoms with van der Waals surface area (Å²) in [5.41, 5.74) is 22.6. The van der Waals surface area contributed by atoms with Crippen LogP contribution in [0, 0.1) is 5.92 Å². The first-order chi connectivity index (χ1) is 35.2. The van der Waals surface area contributed by atoms with Crippen molar-refractivity contribution in [1.82, 2.24) is 42.1 Å². The van der Waals surface area contributed by atoms with E-state index < -0.39 is 137 Å². The van der Waals surface area contributed by atoms with E-state index in [9.17, 15) is 52.7 Å². The molecular weight excluding hydrogens is 1000 g/mol. The molecule has 1 spiro atoms. The number of ether oxygens (including phenoxy) is 1. The highest BCUT2D eigenvalue weighted by atomic mass is 33.1. The van der Waals surface area contributed by atoms with Gasteiger partial charge in [-0.2, -0.15) is 0 Å². The lowest BCUT2D eigenvalue weighted by Crippen LogP contribution is -2.61. The maximum atomic E-state index is 14.8. The Morgan fingerprint density at radius 2 is 1.49 bits per heavy atom. The van der Waals surface area contributed by atoms with Crippen molar-refractivity contribution >= 4 is 86.6 Å². The van der Waals surface area contributed by atoms with Crippen molar-refractivity contribution in [3.8, 4) is 5.75 Å². The monoisotopic (exact) mass is 1070 g/mol. The van der Waals surface area contributed by atoms with Gasteiger partial charge in [0.25, 0.3) is 0 Å². The van der Waals surface area contributed by atoms with Crippen molar-refractivity contribution < 1.29 is 57.5 Å². The van der Waals surface area contributed by atoms with E-state index in [1.165, 1.54) is 33.6 Å². The van der Waals surface area contributed by atoms with Gasteiger partial charge in [0.2, 0.25) is 65.0 Å². The fourth-order valence-electron chi connectivity index (χ4n) is 9.02. The van der Waals surface area contributed by atoms with Gasteiger partial charge in [0.1, 0.15) is 48.0 Å². The van der Waals surface area contributed by atoms with Crippen LogP contribution >= 0.6 is 21.6 Å². The second-order valence-corrected chi connectivity index (χ2v) is 21.9. The third kappa shape index (κ3) is 18.7. The summed E-state index contributed by atoms with van der Waals surface area (Å²) in [6, 6.07) is -2.52. The summed E-state index contributed by atoms with van der Waals surface area (Å²) in [6.07, 6.45) is 3.39. The van der Waals surface area contributed by atoms with Gasteiger partial charge < -0.3 is 69.8 Å². The molecule has 0 aromatic heterocycles. The molecule has 11 amide bonds. The molecule has 2 saturated heterocycles. The van der Waals surface area contributed by atoms with E-state index in [0.717, 1.165) is 19.3 Å². The maximum absolute atomic E-state index is 14.8. The first kappa shape index (κ1) is 60.4. The number of likely N-dealkylation sites (tertiary alicyclic amines) is 1. The molecular formula is C48H74N12O12S2. The van der Waals surface area contributed by atoms with Crippen LogP contribution in [-0.2, 0) is 59.2 Å². The fraction of sp³-hybridized carbons (Fsp3) is 0.646. The van der Waals surface area contributed by atoms with Gasteiger partial charge in [-0.1, -0.05) is 73.3 Å². The SMILES string of the molecule is CC[C@H](C)C1NC(=O)[C@H](Cc2ccc(OC)cc2)NC(=O)CC2(CCCCC2)SSC[C@@H](C(=O)N2CCC[C@@H]2C(=O)N[C@@H](CCCN)C(=O)NCC(N)=O)NC(=O)[C@H](CC(N)=O)NC(=O)[C@H](CCC(N)=O)NC1=O. The summed E-state index contributed by atoms with van der Waals surface area (Å²) in [6.45, 7) is 3.27. The minimum absolute atomic E-state index is 0.0199. The molecule has 1 unspecified atom stereocenters. The molecule has 8 atom stereocenters. The number of benzene rings is 1. The second-order valence-electron chi connectivity index (χ2n) is 19.1. The second kappa shape index (κ2) is 29.7. The van der Waals surface area contributed by atoms with Crippen molar-refractivity contribution in [2.75, 3.05) is 32.5 Å². The Morgan fingerprint density at radius 1 is 0.824 bits per heavy atom. The minimum Gasteiger partial charge on any atom is -0.497 e. The van der Waals surface area contributed by atoms with E-state index in [1.54, 1.807) is 38.1 Å². The first-order valence-electron chi connectivity index (χ1n) is 25.1. The molecule has 0 radical (unpaired) electrons. The standard InChI is InChI=1S/C48H74N12O12S2/c1-4-27(2)40-46(70)56-31(16-17-36(50)61)42(66)57-33(23-37(51)62)43(67)58-34(47(71)60-21-9-11-35(60)45(69)55-30(10-8-20-49)41(65)53-25-38(52)63)26-73-74-48(18-6-5-7-19-48)24-39(64)54-32(44(68)59-40)22-28-12-14-29(72-3)15-13-28/h12-15,27,30-35,40H,4-11,16-26,49H2,1-3H3,(H2,50,61)(H2,51,62)(H2,52,63)(H,53,65)(H,54,64)(H,55,69)(H,56,70)(H,57,66)(H,58,67)(H,59,68)/t27-,30-,31-,32-,33-,34-,35+,40?/m0/s1. The summed E-state index contributed by atoms with van der Waals surface area (Å²) in [4.78, 5) is 151. The molecule has 1 aromatic rings. The van der Waals surface area contributed by atoms with E-state index >= 15 is 0 Å². The maximum Gasteiger partial charge on any atom is 0.246 e. The highest BCUT2D eigenvalue weighted by molar-refractivity contribution is 8.77. The molecule has 2 aliphatic heterocycles. The number of hydrogen-bond donors (Lipinski definition) is 11. The van der Waals surface area contributed by atoms with Crippen molar-refractivity contribution in [1.29, 1.82) is 0 Å². The van der Waals surface area contributed by atoms with Crippen molar-refractivity contribution in [2.24, 2.45) is 28.9 Å². The Bertz CT molecular complexity index is 2180. The van der Waals surface area contributed by atoms with Crippen LogP contribution in [0.3, 0.4) is 0 Å². The normalized spacial score (nSPS) is 24.1. The van der Waals surface area contributed by atoms with Gasteiger partial charge in [0.05, 0.1) is 20.1 Å². The molecule has 26 heteroatoms. The summed E-state index contributed by atoms with van der Waals surface area (Å²) in [5.74, 6) is -8.88. The summed E-state index contributed by atoms with van der Waals surface area (Å²) >= 11 is 0. The zero-order valence-electron chi connectivity index (χ0n) is 42.3. The Balaban J connectivity index is 1.77. The zero-order valence-corrected chi connectivity index (χ0v) is 44.0. The van der Waals surface area contributed by atoms with Gasteiger partial charge in [-0.05, 0) is 75.1 Å². The largest absolute Gasteiger partial charge is 0.497 e.